The van der Waals surface area contributed by atoms with Gasteiger partial charge in [-0.3, -0.25) is 4.57 Å². The van der Waals surface area contributed by atoms with Crippen LogP contribution >= 0.6 is 0 Å². The molecule has 0 saturated carbocycles. The Morgan fingerprint density at radius 2 is 1.35 bits per heavy atom. The second kappa shape index (κ2) is 8.37. The average molecular weight is 443 g/mol. The molecule has 0 aliphatic heterocycles. The summed E-state index contributed by atoms with van der Waals surface area (Å²) in [7, 11) is 1.67. The van der Waals surface area contributed by atoms with Crippen molar-refractivity contribution in [1.29, 1.82) is 0 Å². The van der Waals surface area contributed by atoms with Gasteiger partial charge in [-0.05, 0) is 48.5 Å². The van der Waals surface area contributed by atoms with Crippen molar-refractivity contribution in [1.82, 2.24) is 19.3 Å². The van der Waals surface area contributed by atoms with E-state index in [0.717, 1.165) is 50.9 Å². The van der Waals surface area contributed by atoms with E-state index in [9.17, 15) is 0 Å². The SMILES string of the molecule is COc1ccc(-c2nc3ccccc3n2-c2cc(-c3ccccc3)nn2-c2ccccc2)cc1. The summed E-state index contributed by atoms with van der Waals surface area (Å²) in [6.45, 7) is 0. The Morgan fingerprint density at radius 1 is 0.676 bits per heavy atom. The highest BCUT2D eigenvalue weighted by atomic mass is 16.5. The predicted molar refractivity (Wildman–Crippen MR) is 136 cm³/mol. The number of hydrogen-bond donors (Lipinski definition) is 0. The molecule has 164 valence electrons. The highest BCUT2D eigenvalue weighted by Gasteiger charge is 2.20. The number of benzene rings is 4. The van der Waals surface area contributed by atoms with Crippen molar-refractivity contribution < 1.29 is 4.74 Å². The number of nitrogens with zero attached hydrogens (tertiary/aromatic N) is 4. The maximum absolute atomic E-state index is 5.37. The third kappa shape index (κ3) is 3.44. The van der Waals surface area contributed by atoms with Crippen molar-refractivity contribution in [2.75, 3.05) is 7.11 Å². The molecule has 0 radical (unpaired) electrons. The predicted octanol–water partition coefficient (Wildman–Crippen LogP) is 6.55. The molecular weight excluding hydrogens is 420 g/mol. The molecule has 0 fully saturated rings. The number of rotatable bonds is 5. The first-order valence-electron chi connectivity index (χ1n) is 11.1. The summed E-state index contributed by atoms with van der Waals surface area (Å²) in [4.78, 5) is 5.01. The zero-order valence-corrected chi connectivity index (χ0v) is 18.7. The van der Waals surface area contributed by atoms with Crippen LogP contribution in [-0.4, -0.2) is 26.4 Å². The van der Waals surface area contributed by atoms with Gasteiger partial charge in [-0.1, -0.05) is 60.7 Å². The van der Waals surface area contributed by atoms with E-state index in [4.69, 9.17) is 14.8 Å². The van der Waals surface area contributed by atoms with Crippen molar-refractivity contribution in [2.45, 2.75) is 0 Å². The second-order valence-corrected chi connectivity index (χ2v) is 7.99. The van der Waals surface area contributed by atoms with Crippen LogP contribution in [0.15, 0.2) is 115 Å². The first-order chi connectivity index (χ1) is 16.8. The lowest BCUT2D eigenvalue weighted by molar-refractivity contribution is 0.415. The molecule has 2 aromatic heterocycles. The number of imidazole rings is 1. The number of aromatic nitrogens is 4. The molecule has 0 atom stereocenters. The molecule has 5 nitrogen and oxygen atoms in total. The van der Waals surface area contributed by atoms with Gasteiger partial charge in [0.15, 0.2) is 0 Å². The topological polar surface area (TPSA) is 44.9 Å². The third-order valence-electron chi connectivity index (χ3n) is 5.90. The molecule has 0 N–H and O–H groups in total. The van der Waals surface area contributed by atoms with E-state index < -0.39 is 0 Å². The lowest BCUT2D eigenvalue weighted by Gasteiger charge is -2.12. The standard InChI is InChI=1S/C29H22N4O/c1-34-24-18-16-22(17-19-24)29-30-25-14-8-9-15-27(25)32(29)28-20-26(21-10-4-2-5-11-21)31-33(28)23-12-6-3-7-13-23/h2-20H,1H3. The molecule has 4 aromatic carbocycles. The van der Waals surface area contributed by atoms with Crippen LogP contribution in [0.1, 0.15) is 0 Å². The van der Waals surface area contributed by atoms with Crippen LogP contribution in [-0.2, 0) is 0 Å². The smallest absolute Gasteiger partial charge is 0.146 e. The molecule has 0 aliphatic rings. The second-order valence-electron chi connectivity index (χ2n) is 7.99. The van der Waals surface area contributed by atoms with Gasteiger partial charge >= 0.3 is 0 Å². The summed E-state index contributed by atoms with van der Waals surface area (Å²) >= 11 is 0. The van der Waals surface area contributed by atoms with Crippen molar-refractivity contribution >= 4 is 11.0 Å². The van der Waals surface area contributed by atoms with E-state index in [-0.39, 0.29) is 0 Å². The molecule has 0 spiro atoms. The number of hydrogen-bond acceptors (Lipinski definition) is 3. The van der Waals surface area contributed by atoms with E-state index in [1.165, 1.54) is 0 Å². The third-order valence-corrected chi connectivity index (χ3v) is 5.90. The Balaban J connectivity index is 1.64. The lowest BCUT2D eigenvalue weighted by Crippen LogP contribution is -2.07. The molecule has 0 amide bonds. The molecule has 0 aliphatic carbocycles. The Kier molecular flexibility index (Phi) is 4.92. The molecule has 5 heteroatoms. The maximum Gasteiger partial charge on any atom is 0.146 e. The monoisotopic (exact) mass is 442 g/mol. The number of para-hydroxylation sites is 3. The Bertz CT molecular complexity index is 1570. The van der Waals surface area contributed by atoms with Gasteiger partial charge in [-0.25, -0.2) is 9.67 Å². The molecule has 6 aromatic rings. The van der Waals surface area contributed by atoms with Crippen molar-refractivity contribution in [3.8, 4) is 39.9 Å². The largest absolute Gasteiger partial charge is 0.497 e. The van der Waals surface area contributed by atoms with Gasteiger partial charge < -0.3 is 4.74 Å². The van der Waals surface area contributed by atoms with Crippen LogP contribution in [0.25, 0.3) is 45.2 Å². The summed E-state index contributed by atoms with van der Waals surface area (Å²) in [6.07, 6.45) is 0. The number of fused-ring (bicyclic) bond motifs is 1. The van der Waals surface area contributed by atoms with E-state index in [2.05, 4.69) is 41.0 Å². The van der Waals surface area contributed by atoms with Crippen LogP contribution in [0, 0.1) is 0 Å². The maximum atomic E-state index is 5.37. The normalized spacial score (nSPS) is 11.1. The molecule has 6 rings (SSSR count). The van der Waals surface area contributed by atoms with E-state index >= 15 is 0 Å². The Morgan fingerprint density at radius 3 is 2.09 bits per heavy atom. The van der Waals surface area contributed by atoms with Gasteiger partial charge in [0.1, 0.15) is 17.4 Å². The Labute approximate surface area is 197 Å². The molecule has 0 unspecified atom stereocenters. The van der Waals surface area contributed by atoms with Crippen molar-refractivity contribution in [3.63, 3.8) is 0 Å². The summed E-state index contributed by atoms with van der Waals surface area (Å²) in [5.41, 5.74) is 5.89. The van der Waals surface area contributed by atoms with Crippen LogP contribution in [0.4, 0.5) is 0 Å². The van der Waals surface area contributed by atoms with Crippen LogP contribution in [0.3, 0.4) is 0 Å². The van der Waals surface area contributed by atoms with E-state index in [0.29, 0.717) is 0 Å². The zero-order valence-electron chi connectivity index (χ0n) is 18.7. The Hall–Kier alpha value is -4.64. The van der Waals surface area contributed by atoms with Gasteiger partial charge in [0.2, 0.25) is 0 Å². The van der Waals surface area contributed by atoms with Crippen LogP contribution < -0.4 is 4.74 Å². The number of ether oxygens (including phenoxy) is 1. The summed E-state index contributed by atoms with van der Waals surface area (Å²) < 4.78 is 9.54. The van der Waals surface area contributed by atoms with Gasteiger partial charge in [-0.2, -0.15) is 5.10 Å². The van der Waals surface area contributed by atoms with Gasteiger partial charge in [0, 0.05) is 17.2 Å². The van der Waals surface area contributed by atoms with Gasteiger partial charge in [0.05, 0.1) is 29.5 Å². The summed E-state index contributed by atoms with van der Waals surface area (Å²) in [6, 6.07) is 38.8. The highest BCUT2D eigenvalue weighted by molar-refractivity contribution is 5.83. The minimum Gasteiger partial charge on any atom is -0.497 e. The van der Waals surface area contributed by atoms with E-state index in [1.54, 1.807) is 7.11 Å². The molecule has 34 heavy (non-hydrogen) atoms. The first kappa shape index (κ1) is 20.0. The van der Waals surface area contributed by atoms with Crippen LogP contribution in [0.5, 0.6) is 5.75 Å². The van der Waals surface area contributed by atoms with Crippen molar-refractivity contribution in [3.05, 3.63) is 115 Å². The zero-order chi connectivity index (χ0) is 22.9. The molecular formula is C29H22N4O. The fourth-order valence-electron chi connectivity index (χ4n) is 4.23. The average Bonchev–Trinajstić information content (AvgIpc) is 3.52. The lowest BCUT2D eigenvalue weighted by atomic mass is 10.1. The van der Waals surface area contributed by atoms with Gasteiger partial charge in [0.25, 0.3) is 0 Å². The fraction of sp³-hybridized carbons (Fsp3) is 0.0345. The highest BCUT2D eigenvalue weighted by Crippen LogP contribution is 2.32. The first-order valence-corrected chi connectivity index (χ1v) is 11.1. The van der Waals surface area contributed by atoms with Gasteiger partial charge in [-0.15, -0.1) is 0 Å². The van der Waals surface area contributed by atoms with Crippen molar-refractivity contribution in [2.24, 2.45) is 0 Å². The quantitative estimate of drug-likeness (QED) is 0.304. The summed E-state index contributed by atoms with van der Waals surface area (Å²) in [5, 5.41) is 5.02. The molecule has 2 heterocycles. The summed E-state index contributed by atoms with van der Waals surface area (Å²) in [5.74, 6) is 2.58. The van der Waals surface area contributed by atoms with Crippen LogP contribution in [0.2, 0.25) is 0 Å². The van der Waals surface area contributed by atoms with E-state index in [1.807, 2.05) is 83.5 Å². The minimum absolute atomic E-state index is 0.812. The minimum atomic E-state index is 0.812. The molecule has 0 bridgehead atoms. The molecule has 0 saturated heterocycles. The fourth-order valence-corrected chi connectivity index (χ4v) is 4.23. The number of methoxy groups -OCH3 is 1.